The van der Waals surface area contributed by atoms with Gasteiger partial charge in [-0.2, -0.15) is 0 Å². The molecule has 1 aliphatic rings. The summed E-state index contributed by atoms with van der Waals surface area (Å²) in [6.45, 7) is 10.5. The van der Waals surface area contributed by atoms with Crippen molar-refractivity contribution in [3.8, 4) is 0 Å². The summed E-state index contributed by atoms with van der Waals surface area (Å²) >= 11 is 0. The Bertz CT molecular complexity index is 406. The molecule has 2 nitrogen and oxygen atoms in total. The summed E-state index contributed by atoms with van der Waals surface area (Å²) in [6.07, 6.45) is 2.43. The van der Waals surface area contributed by atoms with Gasteiger partial charge in [0, 0.05) is 19.1 Å². The molecule has 1 unspecified atom stereocenters. The van der Waals surface area contributed by atoms with Gasteiger partial charge in [0.05, 0.1) is 0 Å². The largest absolute Gasteiger partial charge is 0.316 e. The van der Waals surface area contributed by atoms with E-state index in [-0.39, 0.29) is 0 Å². The third-order valence-corrected chi connectivity index (χ3v) is 4.34. The van der Waals surface area contributed by atoms with E-state index in [4.69, 9.17) is 0 Å². The van der Waals surface area contributed by atoms with Crippen molar-refractivity contribution < 1.29 is 0 Å². The molecule has 2 rings (SSSR count). The van der Waals surface area contributed by atoms with Gasteiger partial charge in [0.2, 0.25) is 0 Å². The van der Waals surface area contributed by atoms with Gasteiger partial charge in [-0.25, -0.2) is 0 Å². The van der Waals surface area contributed by atoms with Crippen LogP contribution in [0.25, 0.3) is 0 Å². The summed E-state index contributed by atoms with van der Waals surface area (Å²) in [4.78, 5) is 2.60. The molecule has 0 amide bonds. The van der Waals surface area contributed by atoms with Crippen LogP contribution in [0.15, 0.2) is 24.3 Å². The predicted octanol–water partition coefficient (Wildman–Crippen LogP) is 3.07. The maximum Gasteiger partial charge on any atom is 0.0236 e. The van der Waals surface area contributed by atoms with E-state index >= 15 is 0 Å². The third-order valence-electron chi connectivity index (χ3n) is 4.34. The Hall–Kier alpha value is -0.860. The van der Waals surface area contributed by atoms with Crippen LogP contribution in [0.5, 0.6) is 0 Å². The van der Waals surface area contributed by atoms with Crippen molar-refractivity contribution >= 4 is 0 Å². The number of hydrogen-bond acceptors (Lipinski definition) is 2. The Labute approximate surface area is 118 Å². The fourth-order valence-electron chi connectivity index (χ4n) is 3.07. The molecule has 1 aromatic rings. The van der Waals surface area contributed by atoms with Crippen LogP contribution in [0.2, 0.25) is 0 Å². The zero-order chi connectivity index (χ0) is 13.9. The Balaban J connectivity index is 1.89. The van der Waals surface area contributed by atoms with Gasteiger partial charge in [0.25, 0.3) is 0 Å². The molecule has 2 heteroatoms. The van der Waals surface area contributed by atoms with E-state index in [1.807, 2.05) is 0 Å². The first-order chi connectivity index (χ1) is 9.00. The van der Waals surface area contributed by atoms with Crippen LogP contribution in [0.4, 0.5) is 0 Å². The predicted molar refractivity (Wildman–Crippen MR) is 82.3 cm³/mol. The molecule has 1 aliphatic heterocycles. The first kappa shape index (κ1) is 14.5. The van der Waals surface area contributed by atoms with E-state index in [1.165, 1.54) is 31.5 Å². The molecule has 0 aliphatic carbocycles. The van der Waals surface area contributed by atoms with Crippen LogP contribution in [0, 0.1) is 5.41 Å². The van der Waals surface area contributed by atoms with Crippen molar-refractivity contribution in [2.45, 2.75) is 46.2 Å². The monoisotopic (exact) mass is 260 g/mol. The standard InChI is InChI=1S/C17H28N2/c1-17(2,3)16(18-4)10-12-19-11-9-14-7-5-6-8-15(14)13-19/h5-8,16,18H,9-13H2,1-4H3. The van der Waals surface area contributed by atoms with E-state index in [0.29, 0.717) is 11.5 Å². The fourth-order valence-corrected chi connectivity index (χ4v) is 3.07. The van der Waals surface area contributed by atoms with Crippen LogP contribution in [0.1, 0.15) is 38.3 Å². The fraction of sp³-hybridized carbons (Fsp3) is 0.647. The number of rotatable bonds is 4. The Morgan fingerprint density at radius 1 is 1.21 bits per heavy atom. The van der Waals surface area contributed by atoms with E-state index in [9.17, 15) is 0 Å². The molecular formula is C17H28N2. The second kappa shape index (κ2) is 6.06. The zero-order valence-corrected chi connectivity index (χ0v) is 12.9. The van der Waals surface area contributed by atoms with Crippen molar-refractivity contribution in [3.63, 3.8) is 0 Å². The molecule has 1 N–H and O–H groups in total. The molecule has 0 saturated carbocycles. The lowest BCUT2D eigenvalue weighted by molar-refractivity contribution is 0.200. The van der Waals surface area contributed by atoms with Crippen LogP contribution in [-0.4, -0.2) is 31.1 Å². The highest BCUT2D eigenvalue weighted by Gasteiger charge is 2.24. The second-order valence-electron chi connectivity index (χ2n) is 6.79. The molecule has 106 valence electrons. The summed E-state index contributed by atoms with van der Waals surface area (Å²) in [6, 6.07) is 9.46. The Morgan fingerprint density at radius 3 is 2.53 bits per heavy atom. The maximum atomic E-state index is 3.47. The molecule has 0 aromatic heterocycles. The minimum Gasteiger partial charge on any atom is -0.316 e. The summed E-state index contributed by atoms with van der Waals surface area (Å²) in [5, 5.41) is 3.47. The summed E-state index contributed by atoms with van der Waals surface area (Å²) in [5.74, 6) is 0. The summed E-state index contributed by atoms with van der Waals surface area (Å²) in [7, 11) is 2.08. The molecule has 0 radical (unpaired) electrons. The highest BCUT2D eigenvalue weighted by Crippen LogP contribution is 2.23. The third kappa shape index (κ3) is 3.80. The van der Waals surface area contributed by atoms with Crippen LogP contribution in [-0.2, 0) is 13.0 Å². The topological polar surface area (TPSA) is 15.3 Å². The number of benzene rings is 1. The maximum absolute atomic E-state index is 3.47. The lowest BCUT2D eigenvalue weighted by Gasteiger charge is -2.34. The average Bonchev–Trinajstić information content (AvgIpc) is 2.37. The molecule has 0 spiro atoms. The van der Waals surface area contributed by atoms with E-state index < -0.39 is 0 Å². The van der Waals surface area contributed by atoms with Gasteiger partial charge in [-0.15, -0.1) is 0 Å². The molecule has 19 heavy (non-hydrogen) atoms. The lowest BCUT2D eigenvalue weighted by atomic mass is 9.84. The van der Waals surface area contributed by atoms with Gasteiger partial charge >= 0.3 is 0 Å². The van der Waals surface area contributed by atoms with Gasteiger partial charge in [0.1, 0.15) is 0 Å². The smallest absolute Gasteiger partial charge is 0.0236 e. The highest BCUT2D eigenvalue weighted by atomic mass is 15.1. The molecule has 1 atom stereocenters. The molecule has 0 bridgehead atoms. The molecule has 0 fully saturated rings. The highest BCUT2D eigenvalue weighted by molar-refractivity contribution is 5.28. The second-order valence-corrected chi connectivity index (χ2v) is 6.79. The van der Waals surface area contributed by atoms with Gasteiger partial charge < -0.3 is 5.32 Å². The first-order valence-electron chi connectivity index (χ1n) is 7.47. The van der Waals surface area contributed by atoms with Crippen LogP contribution < -0.4 is 5.32 Å². The van der Waals surface area contributed by atoms with E-state index in [0.717, 1.165) is 6.54 Å². The van der Waals surface area contributed by atoms with Crippen molar-refractivity contribution in [3.05, 3.63) is 35.4 Å². The van der Waals surface area contributed by atoms with Gasteiger partial charge in [-0.3, -0.25) is 4.90 Å². The molecule has 1 heterocycles. The summed E-state index contributed by atoms with van der Waals surface area (Å²) in [5.41, 5.74) is 3.40. The molecular weight excluding hydrogens is 232 g/mol. The van der Waals surface area contributed by atoms with Crippen LogP contribution >= 0.6 is 0 Å². The number of nitrogens with zero attached hydrogens (tertiary/aromatic N) is 1. The van der Waals surface area contributed by atoms with Gasteiger partial charge in [-0.1, -0.05) is 45.0 Å². The minimum absolute atomic E-state index is 0.336. The average molecular weight is 260 g/mol. The molecule has 1 aromatic carbocycles. The summed E-state index contributed by atoms with van der Waals surface area (Å²) < 4.78 is 0. The van der Waals surface area contributed by atoms with E-state index in [2.05, 4.69) is 62.3 Å². The van der Waals surface area contributed by atoms with E-state index in [1.54, 1.807) is 5.56 Å². The molecule has 0 saturated heterocycles. The normalized spacial score (nSPS) is 18.1. The van der Waals surface area contributed by atoms with Crippen molar-refractivity contribution in [2.24, 2.45) is 5.41 Å². The van der Waals surface area contributed by atoms with Crippen LogP contribution in [0.3, 0.4) is 0 Å². The number of nitrogens with one attached hydrogen (secondary N) is 1. The van der Waals surface area contributed by atoms with Crippen molar-refractivity contribution in [1.29, 1.82) is 0 Å². The van der Waals surface area contributed by atoms with Gasteiger partial charge in [0.15, 0.2) is 0 Å². The number of hydrogen-bond donors (Lipinski definition) is 1. The van der Waals surface area contributed by atoms with Crippen molar-refractivity contribution in [2.75, 3.05) is 20.1 Å². The Kier molecular flexibility index (Phi) is 4.64. The minimum atomic E-state index is 0.336. The quantitative estimate of drug-likeness (QED) is 0.895. The zero-order valence-electron chi connectivity index (χ0n) is 12.9. The lowest BCUT2D eigenvalue weighted by Crippen LogP contribution is -2.42. The van der Waals surface area contributed by atoms with Gasteiger partial charge in [-0.05, 0) is 43.0 Å². The SMILES string of the molecule is CNC(CCN1CCc2ccccc2C1)C(C)(C)C. The Morgan fingerprint density at radius 2 is 1.89 bits per heavy atom. The number of fused-ring (bicyclic) bond motifs is 1. The van der Waals surface area contributed by atoms with Crippen molar-refractivity contribution in [1.82, 2.24) is 10.2 Å². The first-order valence-corrected chi connectivity index (χ1v) is 7.47.